The van der Waals surface area contributed by atoms with Crippen molar-refractivity contribution >= 4 is 17.5 Å². The lowest BCUT2D eigenvalue weighted by atomic mass is 10.0. The van der Waals surface area contributed by atoms with Gasteiger partial charge in [0.1, 0.15) is 0 Å². The summed E-state index contributed by atoms with van der Waals surface area (Å²) in [6.45, 7) is 3.52. The van der Waals surface area contributed by atoms with Gasteiger partial charge in [0.25, 0.3) is 5.91 Å². The first-order valence-corrected chi connectivity index (χ1v) is 10.0. The van der Waals surface area contributed by atoms with E-state index in [0.29, 0.717) is 30.3 Å². The number of ether oxygens (including phenoxy) is 1. The van der Waals surface area contributed by atoms with Gasteiger partial charge in [0, 0.05) is 30.2 Å². The molecule has 0 bridgehead atoms. The smallest absolute Gasteiger partial charge is 0.255 e. The lowest BCUT2D eigenvalue weighted by Gasteiger charge is -2.35. The van der Waals surface area contributed by atoms with Crippen LogP contribution < -0.4 is 5.32 Å². The second kappa shape index (κ2) is 9.22. The Morgan fingerprint density at radius 1 is 1.14 bits per heavy atom. The van der Waals surface area contributed by atoms with Gasteiger partial charge in [-0.2, -0.15) is 5.10 Å². The Labute approximate surface area is 174 Å². The number of morpholine rings is 1. The highest BCUT2D eigenvalue weighted by Gasteiger charge is 2.24. The number of hydrogen-bond donors (Lipinski definition) is 2. The van der Waals surface area contributed by atoms with Crippen LogP contribution in [-0.2, 0) is 4.74 Å². The predicted molar refractivity (Wildman–Crippen MR) is 113 cm³/mol. The van der Waals surface area contributed by atoms with E-state index in [1.54, 1.807) is 6.20 Å². The van der Waals surface area contributed by atoms with Crippen LogP contribution in [0.5, 0.6) is 0 Å². The van der Waals surface area contributed by atoms with E-state index in [1.807, 2.05) is 54.6 Å². The van der Waals surface area contributed by atoms with E-state index in [1.165, 1.54) is 0 Å². The van der Waals surface area contributed by atoms with Crippen molar-refractivity contribution in [1.29, 1.82) is 0 Å². The third-order valence-corrected chi connectivity index (χ3v) is 5.40. The maximum Gasteiger partial charge on any atom is 0.255 e. The third-order valence-electron chi connectivity index (χ3n) is 5.14. The standard InChI is InChI=1S/C22H23ClN4O2/c23-18-8-6-16(7-9-18)20(27-10-12-29-13-11-27)15-24-22(28)19-14-25-26-21(19)17-4-2-1-3-5-17/h1-9,14,20H,10-13,15H2,(H,24,28)(H,25,26)/t20-/m0/s1. The van der Waals surface area contributed by atoms with Crippen molar-refractivity contribution < 1.29 is 9.53 Å². The Kier molecular flexibility index (Phi) is 6.24. The number of carbonyl (C=O) groups excluding carboxylic acids is 1. The molecule has 2 N–H and O–H groups in total. The Morgan fingerprint density at radius 2 is 1.86 bits per heavy atom. The number of carbonyl (C=O) groups is 1. The molecule has 2 heterocycles. The average molecular weight is 411 g/mol. The summed E-state index contributed by atoms with van der Waals surface area (Å²) in [6, 6.07) is 17.6. The molecule has 3 aromatic rings. The minimum Gasteiger partial charge on any atom is -0.379 e. The molecule has 0 radical (unpaired) electrons. The second-order valence-corrected chi connectivity index (χ2v) is 7.39. The van der Waals surface area contributed by atoms with Crippen LogP contribution in [0.4, 0.5) is 0 Å². The largest absolute Gasteiger partial charge is 0.379 e. The van der Waals surface area contributed by atoms with Gasteiger partial charge < -0.3 is 10.1 Å². The predicted octanol–water partition coefficient (Wildman–Crippen LogP) is 3.53. The monoisotopic (exact) mass is 410 g/mol. The maximum absolute atomic E-state index is 12.9. The minimum atomic E-state index is -0.148. The Morgan fingerprint density at radius 3 is 2.59 bits per heavy atom. The zero-order chi connectivity index (χ0) is 20.1. The Bertz CT molecular complexity index is 937. The summed E-state index contributed by atoms with van der Waals surface area (Å²) >= 11 is 6.06. The van der Waals surface area contributed by atoms with Crippen molar-refractivity contribution in [2.24, 2.45) is 0 Å². The molecule has 0 aliphatic carbocycles. The highest BCUT2D eigenvalue weighted by molar-refractivity contribution is 6.30. The van der Waals surface area contributed by atoms with Gasteiger partial charge in [0.15, 0.2) is 0 Å². The Hall–Kier alpha value is -2.67. The zero-order valence-electron chi connectivity index (χ0n) is 16.0. The van der Waals surface area contributed by atoms with Gasteiger partial charge in [-0.15, -0.1) is 0 Å². The molecule has 7 heteroatoms. The molecule has 0 saturated carbocycles. The number of aromatic amines is 1. The van der Waals surface area contributed by atoms with Crippen molar-refractivity contribution in [2.45, 2.75) is 6.04 Å². The van der Waals surface area contributed by atoms with Gasteiger partial charge in [0.05, 0.1) is 36.7 Å². The van der Waals surface area contributed by atoms with E-state index in [0.717, 1.165) is 29.9 Å². The van der Waals surface area contributed by atoms with E-state index in [9.17, 15) is 4.79 Å². The summed E-state index contributed by atoms with van der Waals surface area (Å²) in [5, 5.41) is 10.8. The molecule has 150 valence electrons. The molecule has 1 atom stereocenters. The van der Waals surface area contributed by atoms with Crippen LogP contribution in [0.15, 0.2) is 60.8 Å². The van der Waals surface area contributed by atoms with Crippen molar-refractivity contribution in [1.82, 2.24) is 20.4 Å². The second-order valence-electron chi connectivity index (χ2n) is 6.95. The van der Waals surface area contributed by atoms with E-state index < -0.39 is 0 Å². The number of H-pyrrole nitrogens is 1. The molecule has 1 amide bonds. The number of benzene rings is 2. The number of rotatable bonds is 6. The van der Waals surface area contributed by atoms with Gasteiger partial charge in [-0.05, 0) is 17.7 Å². The van der Waals surface area contributed by atoms with Gasteiger partial charge in [-0.3, -0.25) is 14.8 Å². The highest BCUT2D eigenvalue weighted by atomic mass is 35.5. The molecular weight excluding hydrogens is 388 g/mol. The summed E-state index contributed by atoms with van der Waals surface area (Å²) in [4.78, 5) is 15.3. The normalized spacial score (nSPS) is 15.8. The minimum absolute atomic E-state index is 0.0483. The van der Waals surface area contributed by atoms with Crippen LogP contribution in [0, 0.1) is 0 Å². The van der Waals surface area contributed by atoms with Crippen LogP contribution in [0.3, 0.4) is 0 Å². The van der Waals surface area contributed by atoms with Crippen LogP contribution in [-0.4, -0.2) is 53.9 Å². The van der Waals surface area contributed by atoms with E-state index in [-0.39, 0.29) is 11.9 Å². The molecule has 0 unspecified atom stereocenters. The number of hydrogen-bond acceptors (Lipinski definition) is 4. The molecule has 2 aromatic carbocycles. The first kappa shape index (κ1) is 19.6. The molecule has 1 aliphatic rings. The SMILES string of the molecule is O=C(NC[C@@H](c1ccc(Cl)cc1)N1CCOCC1)c1cn[nH]c1-c1ccccc1. The van der Waals surface area contributed by atoms with Crippen LogP contribution in [0.25, 0.3) is 11.3 Å². The summed E-state index contributed by atoms with van der Waals surface area (Å²) in [5.74, 6) is -0.148. The molecule has 1 saturated heterocycles. The summed E-state index contributed by atoms with van der Waals surface area (Å²) in [5.41, 5.74) is 3.30. The van der Waals surface area contributed by atoms with E-state index in [2.05, 4.69) is 20.4 Å². The third kappa shape index (κ3) is 4.67. The fraction of sp³-hybridized carbons (Fsp3) is 0.273. The van der Waals surface area contributed by atoms with E-state index in [4.69, 9.17) is 16.3 Å². The summed E-state index contributed by atoms with van der Waals surface area (Å²) in [7, 11) is 0. The van der Waals surface area contributed by atoms with Gasteiger partial charge in [-0.25, -0.2) is 0 Å². The number of amides is 1. The molecule has 1 aromatic heterocycles. The maximum atomic E-state index is 12.9. The lowest BCUT2D eigenvalue weighted by molar-refractivity contribution is 0.0162. The molecule has 1 aliphatic heterocycles. The van der Waals surface area contributed by atoms with Crippen LogP contribution in [0.2, 0.25) is 5.02 Å². The van der Waals surface area contributed by atoms with Crippen molar-refractivity contribution in [2.75, 3.05) is 32.8 Å². The summed E-state index contributed by atoms with van der Waals surface area (Å²) < 4.78 is 5.49. The summed E-state index contributed by atoms with van der Waals surface area (Å²) in [6.07, 6.45) is 1.57. The highest BCUT2D eigenvalue weighted by Crippen LogP contribution is 2.24. The molecule has 29 heavy (non-hydrogen) atoms. The quantitative estimate of drug-likeness (QED) is 0.652. The van der Waals surface area contributed by atoms with Crippen LogP contribution >= 0.6 is 11.6 Å². The van der Waals surface area contributed by atoms with Crippen molar-refractivity contribution in [3.8, 4) is 11.3 Å². The van der Waals surface area contributed by atoms with Crippen molar-refractivity contribution in [3.05, 3.63) is 76.9 Å². The lowest BCUT2D eigenvalue weighted by Crippen LogP contribution is -2.43. The number of nitrogens with one attached hydrogen (secondary N) is 2. The van der Waals surface area contributed by atoms with Gasteiger partial charge in [0.2, 0.25) is 0 Å². The molecule has 4 rings (SSSR count). The fourth-order valence-electron chi connectivity index (χ4n) is 3.60. The molecule has 0 spiro atoms. The van der Waals surface area contributed by atoms with Gasteiger partial charge in [-0.1, -0.05) is 54.1 Å². The van der Waals surface area contributed by atoms with E-state index >= 15 is 0 Å². The average Bonchev–Trinajstić information content (AvgIpc) is 3.26. The first-order valence-electron chi connectivity index (χ1n) is 9.66. The topological polar surface area (TPSA) is 70.2 Å². The van der Waals surface area contributed by atoms with Gasteiger partial charge >= 0.3 is 0 Å². The Balaban J connectivity index is 1.51. The number of aromatic nitrogens is 2. The first-order chi connectivity index (χ1) is 14.2. The molecule has 1 fully saturated rings. The van der Waals surface area contributed by atoms with Crippen LogP contribution in [0.1, 0.15) is 22.0 Å². The molecular formula is C22H23ClN4O2. The molecule has 6 nitrogen and oxygen atoms in total. The van der Waals surface area contributed by atoms with Crippen molar-refractivity contribution in [3.63, 3.8) is 0 Å². The number of nitrogens with zero attached hydrogens (tertiary/aromatic N) is 2. The zero-order valence-corrected chi connectivity index (χ0v) is 16.7. The number of halogens is 1. The fourth-order valence-corrected chi connectivity index (χ4v) is 3.73.